The van der Waals surface area contributed by atoms with Gasteiger partial charge in [0.1, 0.15) is 16.5 Å². The van der Waals surface area contributed by atoms with Crippen LogP contribution < -0.4 is 0 Å². The van der Waals surface area contributed by atoms with Crippen LogP contribution in [0.3, 0.4) is 0 Å². The highest BCUT2D eigenvalue weighted by Gasteiger charge is 2.21. The van der Waals surface area contributed by atoms with E-state index < -0.39 is 0 Å². The number of aromatic nitrogens is 4. The number of rotatable bonds is 2. The van der Waals surface area contributed by atoms with Crippen LogP contribution in [0.2, 0.25) is 0 Å². The van der Waals surface area contributed by atoms with E-state index in [4.69, 9.17) is 4.98 Å². The Kier molecular flexibility index (Phi) is 3.41. The molecule has 0 N–H and O–H groups in total. The van der Waals surface area contributed by atoms with E-state index in [0.717, 1.165) is 34.1 Å². The summed E-state index contributed by atoms with van der Waals surface area (Å²) in [5, 5.41) is 10.0. The van der Waals surface area contributed by atoms with E-state index >= 15 is 0 Å². The third kappa shape index (κ3) is 2.38. The fourth-order valence-electron chi connectivity index (χ4n) is 3.66. The lowest BCUT2D eigenvalue weighted by atomic mass is 9.97. The summed E-state index contributed by atoms with van der Waals surface area (Å²) in [6, 6.07) is 10.3. The number of benzene rings is 1. The standard InChI is InChI=1S/C20H18N4S/c1-13-22-23-19-18-15-9-5-6-10-16(15)25-20(18)21-17(24(13)19)12-11-14-7-3-2-4-8-14/h2-4,7-8,11-12H,5-6,9-10H2,1H3/b12-11+. The van der Waals surface area contributed by atoms with E-state index in [-0.39, 0.29) is 0 Å². The fourth-order valence-corrected chi connectivity index (χ4v) is 4.92. The third-order valence-corrected chi connectivity index (χ3v) is 6.06. The summed E-state index contributed by atoms with van der Waals surface area (Å²) < 4.78 is 2.09. The Morgan fingerprint density at radius 1 is 1.04 bits per heavy atom. The van der Waals surface area contributed by atoms with E-state index in [1.165, 1.54) is 35.1 Å². The van der Waals surface area contributed by atoms with Crippen molar-refractivity contribution in [2.75, 3.05) is 0 Å². The summed E-state index contributed by atoms with van der Waals surface area (Å²) in [7, 11) is 0. The number of nitrogens with zero attached hydrogens (tertiary/aromatic N) is 4. The Labute approximate surface area is 149 Å². The molecular formula is C20H18N4S. The maximum absolute atomic E-state index is 4.97. The molecule has 0 spiro atoms. The molecule has 0 bridgehead atoms. The molecule has 1 aliphatic rings. The Balaban J connectivity index is 1.75. The average Bonchev–Trinajstić information content (AvgIpc) is 3.21. The predicted molar refractivity (Wildman–Crippen MR) is 103 cm³/mol. The summed E-state index contributed by atoms with van der Waals surface area (Å²) in [6.45, 7) is 1.99. The normalized spacial score (nSPS) is 14.6. The van der Waals surface area contributed by atoms with Crippen LogP contribution in [0, 0.1) is 6.92 Å². The number of aryl methyl sites for hydroxylation is 3. The Morgan fingerprint density at radius 2 is 1.88 bits per heavy atom. The summed E-state index contributed by atoms with van der Waals surface area (Å²) in [5.41, 5.74) is 3.57. The van der Waals surface area contributed by atoms with Crippen LogP contribution in [-0.4, -0.2) is 19.6 Å². The van der Waals surface area contributed by atoms with Crippen molar-refractivity contribution in [3.05, 3.63) is 58.0 Å². The number of hydrogen-bond acceptors (Lipinski definition) is 4. The maximum atomic E-state index is 4.97. The molecule has 0 fully saturated rings. The van der Waals surface area contributed by atoms with Crippen molar-refractivity contribution in [3.8, 4) is 0 Å². The molecule has 25 heavy (non-hydrogen) atoms. The van der Waals surface area contributed by atoms with Crippen molar-refractivity contribution in [1.29, 1.82) is 0 Å². The minimum Gasteiger partial charge on any atom is -0.263 e. The van der Waals surface area contributed by atoms with Crippen LogP contribution in [0.15, 0.2) is 30.3 Å². The molecule has 124 valence electrons. The average molecular weight is 346 g/mol. The molecule has 1 aliphatic carbocycles. The lowest BCUT2D eigenvalue weighted by Gasteiger charge is -2.10. The predicted octanol–water partition coefficient (Wildman–Crippen LogP) is 4.70. The number of hydrogen-bond donors (Lipinski definition) is 0. The minimum atomic E-state index is 0.882. The topological polar surface area (TPSA) is 43.1 Å². The first-order valence-electron chi connectivity index (χ1n) is 8.70. The van der Waals surface area contributed by atoms with Gasteiger partial charge in [0.2, 0.25) is 0 Å². The van der Waals surface area contributed by atoms with Crippen LogP contribution in [0.25, 0.3) is 28.0 Å². The Morgan fingerprint density at radius 3 is 2.76 bits per heavy atom. The van der Waals surface area contributed by atoms with Gasteiger partial charge >= 0.3 is 0 Å². The number of fused-ring (bicyclic) bond motifs is 5. The molecule has 0 aliphatic heterocycles. The van der Waals surface area contributed by atoms with E-state index in [9.17, 15) is 0 Å². The molecule has 0 amide bonds. The van der Waals surface area contributed by atoms with E-state index in [1.807, 2.05) is 36.5 Å². The van der Waals surface area contributed by atoms with E-state index in [1.54, 1.807) is 0 Å². The molecule has 0 unspecified atom stereocenters. The molecule has 0 atom stereocenters. The van der Waals surface area contributed by atoms with Crippen LogP contribution in [0.4, 0.5) is 0 Å². The van der Waals surface area contributed by atoms with Crippen LogP contribution in [-0.2, 0) is 12.8 Å². The highest BCUT2D eigenvalue weighted by Crippen LogP contribution is 2.37. The second-order valence-electron chi connectivity index (χ2n) is 6.51. The van der Waals surface area contributed by atoms with E-state index in [0.29, 0.717) is 0 Å². The van der Waals surface area contributed by atoms with Gasteiger partial charge in [-0.2, -0.15) is 0 Å². The highest BCUT2D eigenvalue weighted by atomic mass is 32.1. The Bertz CT molecular complexity index is 1110. The van der Waals surface area contributed by atoms with Crippen LogP contribution in [0.1, 0.15) is 40.5 Å². The van der Waals surface area contributed by atoms with Crippen molar-refractivity contribution in [2.45, 2.75) is 32.6 Å². The van der Waals surface area contributed by atoms with Gasteiger partial charge in [-0.1, -0.05) is 36.4 Å². The van der Waals surface area contributed by atoms with Gasteiger partial charge in [0.05, 0.1) is 5.39 Å². The molecule has 5 rings (SSSR count). The zero-order valence-corrected chi connectivity index (χ0v) is 14.9. The fraction of sp³-hybridized carbons (Fsp3) is 0.250. The first kappa shape index (κ1) is 14.8. The van der Waals surface area contributed by atoms with Crippen molar-refractivity contribution >= 4 is 39.4 Å². The first-order chi connectivity index (χ1) is 12.3. The Hall–Kier alpha value is -2.53. The molecule has 3 heterocycles. The second kappa shape index (κ2) is 5.77. The van der Waals surface area contributed by atoms with Gasteiger partial charge in [-0.15, -0.1) is 21.5 Å². The summed E-state index contributed by atoms with van der Waals surface area (Å²) >= 11 is 1.83. The SMILES string of the molecule is Cc1nnc2c3c4c(sc3nc(/C=C/c3ccccc3)n12)CCCC4. The van der Waals surface area contributed by atoms with Crippen molar-refractivity contribution < 1.29 is 0 Å². The second-order valence-corrected chi connectivity index (χ2v) is 7.59. The van der Waals surface area contributed by atoms with Crippen LogP contribution in [0.5, 0.6) is 0 Å². The monoisotopic (exact) mass is 346 g/mol. The third-order valence-electron chi connectivity index (χ3n) is 4.87. The van der Waals surface area contributed by atoms with Gasteiger partial charge in [-0.25, -0.2) is 4.98 Å². The van der Waals surface area contributed by atoms with Gasteiger partial charge in [0.25, 0.3) is 0 Å². The lowest BCUT2D eigenvalue weighted by Crippen LogP contribution is -2.01. The van der Waals surface area contributed by atoms with Gasteiger partial charge in [-0.3, -0.25) is 4.40 Å². The summed E-state index contributed by atoms with van der Waals surface area (Å²) in [6.07, 6.45) is 9.01. The van der Waals surface area contributed by atoms with E-state index in [2.05, 4.69) is 38.9 Å². The van der Waals surface area contributed by atoms with Gasteiger partial charge in [0.15, 0.2) is 5.65 Å². The highest BCUT2D eigenvalue weighted by molar-refractivity contribution is 7.19. The van der Waals surface area contributed by atoms with Crippen molar-refractivity contribution in [1.82, 2.24) is 19.6 Å². The lowest BCUT2D eigenvalue weighted by molar-refractivity contribution is 0.700. The zero-order chi connectivity index (χ0) is 16.8. The molecule has 4 aromatic rings. The molecule has 1 aromatic carbocycles. The van der Waals surface area contributed by atoms with Crippen molar-refractivity contribution in [3.63, 3.8) is 0 Å². The molecule has 0 saturated heterocycles. The molecule has 5 heteroatoms. The maximum Gasteiger partial charge on any atom is 0.173 e. The summed E-state index contributed by atoms with van der Waals surface area (Å²) in [5.74, 6) is 1.78. The molecule has 4 nitrogen and oxygen atoms in total. The minimum absolute atomic E-state index is 0.882. The van der Waals surface area contributed by atoms with Gasteiger partial charge < -0.3 is 0 Å². The van der Waals surface area contributed by atoms with Gasteiger partial charge in [0, 0.05) is 4.88 Å². The molecule has 0 saturated carbocycles. The zero-order valence-electron chi connectivity index (χ0n) is 14.1. The molecule has 0 radical (unpaired) electrons. The van der Waals surface area contributed by atoms with Crippen LogP contribution >= 0.6 is 11.3 Å². The largest absolute Gasteiger partial charge is 0.263 e. The number of thiophene rings is 1. The molecular weight excluding hydrogens is 328 g/mol. The summed E-state index contributed by atoms with van der Waals surface area (Å²) in [4.78, 5) is 7.55. The van der Waals surface area contributed by atoms with Gasteiger partial charge in [-0.05, 0) is 49.8 Å². The quantitative estimate of drug-likeness (QED) is 0.528. The molecule has 3 aromatic heterocycles. The van der Waals surface area contributed by atoms with Crippen molar-refractivity contribution in [2.24, 2.45) is 0 Å². The first-order valence-corrected chi connectivity index (χ1v) is 9.52. The smallest absolute Gasteiger partial charge is 0.173 e.